The zero-order valence-corrected chi connectivity index (χ0v) is 13.3. The standard InChI is InChI=1S/C18H25NO/c1-6-9-19-11-16-7-8-17(20-16)18-14(4)12(2)10-13(3)15(18)5/h7-8,10,19H,6,9,11H2,1-5H3. The first-order valence-electron chi connectivity index (χ1n) is 7.41. The molecule has 0 saturated heterocycles. The van der Waals surface area contributed by atoms with Crippen LogP contribution in [0.15, 0.2) is 22.6 Å². The minimum absolute atomic E-state index is 0.802. The van der Waals surface area contributed by atoms with Gasteiger partial charge in [0.15, 0.2) is 0 Å². The zero-order chi connectivity index (χ0) is 14.7. The van der Waals surface area contributed by atoms with Crippen molar-refractivity contribution in [2.24, 2.45) is 0 Å². The van der Waals surface area contributed by atoms with Crippen LogP contribution >= 0.6 is 0 Å². The van der Waals surface area contributed by atoms with Gasteiger partial charge in [0, 0.05) is 5.56 Å². The van der Waals surface area contributed by atoms with Crippen LogP contribution in [0.3, 0.4) is 0 Å². The molecule has 0 radical (unpaired) electrons. The van der Waals surface area contributed by atoms with Crippen LogP contribution in [0.2, 0.25) is 0 Å². The summed E-state index contributed by atoms with van der Waals surface area (Å²) in [6.45, 7) is 12.7. The summed E-state index contributed by atoms with van der Waals surface area (Å²) < 4.78 is 6.03. The van der Waals surface area contributed by atoms with E-state index in [1.807, 2.05) is 0 Å². The molecule has 1 heterocycles. The van der Waals surface area contributed by atoms with Crippen LogP contribution in [-0.4, -0.2) is 6.54 Å². The van der Waals surface area contributed by atoms with Gasteiger partial charge in [0.05, 0.1) is 6.54 Å². The average Bonchev–Trinajstić information content (AvgIpc) is 2.86. The fourth-order valence-electron chi connectivity index (χ4n) is 2.58. The summed E-state index contributed by atoms with van der Waals surface area (Å²) in [5.41, 5.74) is 6.53. The largest absolute Gasteiger partial charge is 0.460 e. The molecule has 0 fully saturated rings. The SMILES string of the molecule is CCCNCc1ccc(-c2c(C)c(C)cc(C)c2C)o1. The molecule has 2 aromatic rings. The normalized spacial score (nSPS) is 11.1. The Balaban J connectivity index is 2.33. The van der Waals surface area contributed by atoms with E-state index in [-0.39, 0.29) is 0 Å². The van der Waals surface area contributed by atoms with Gasteiger partial charge in [-0.3, -0.25) is 0 Å². The molecule has 0 amide bonds. The Morgan fingerprint density at radius 3 is 2.25 bits per heavy atom. The fraction of sp³-hybridized carbons (Fsp3) is 0.444. The first-order chi connectivity index (χ1) is 9.54. The Morgan fingerprint density at radius 2 is 1.65 bits per heavy atom. The third kappa shape index (κ3) is 2.96. The maximum absolute atomic E-state index is 6.03. The van der Waals surface area contributed by atoms with Crippen LogP contribution in [0, 0.1) is 27.7 Å². The van der Waals surface area contributed by atoms with Crippen LogP contribution < -0.4 is 5.32 Å². The van der Waals surface area contributed by atoms with Crippen molar-refractivity contribution in [2.45, 2.75) is 47.6 Å². The quantitative estimate of drug-likeness (QED) is 0.799. The van der Waals surface area contributed by atoms with E-state index in [2.05, 4.69) is 58.1 Å². The van der Waals surface area contributed by atoms with E-state index in [9.17, 15) is 0 Å². The highest BCUT2D eigenvalue weighted by molar-refractivity contribution is 5.69. The summed E-state index contributed by atoms with van der Waals surface area (Å²) in [5.74, 6) is 1.99. The van der Waals surface area contributed by atoms with Gasteiger partial charge >= 0.3 is 0 Å². The van der Waals surface area contributed by atoms with E-state index in [4.69, 9.17) is 4.42 Å². The summed E-state index contributed by atoms with van der Waals surface area (Å²) in [4.78, 5) is 0. The van der Waals surface area contributed by atoms with Gasteiger partial charge in [-0.2, -0.15) is 0 Å². The van der Waals surface area contributed by atoms with Gasteiger partial charge < -0.3 is 9.73 Å². The highest BCUT2D eigenvalue weighted by atomic mass is 16.3. The van der Waals surface area contributed by atoms with E-state index in [0.29, 0.717) is 0 Å². The Morgan fingerprint density at radius 1 is 1.00 bits per heavy atom. The van der Waals surface area contributed by atoms with Crippen molar-refractivity contribution >= 4 is 0 Å². The number of nitrogens with one attached hydrogen (secondary N) is 1. The van der Waals surface area contributed by atoms with Crippen molar-refractivity contribution < 1.29 is 4.42 Å². The third-order valence-electron chi connectivity index (χ3n) is 4.00. The molecule has 2 heteroatoms. The first-order valence-corrected chi connectivity index (χ1v) is 7.41. The second kappa shape index (κ2) is 6.27. The minimum atomic E-state index is 0.802. The summed E-state index contributed by atoms with van der Waals surface area (Å²) in [5, 5.41) is 3.37. The predicted molar refractivity (Wildman–Crippen MR) is 85.1 cm³/mol. The molecule has 0 spiro atoms. The summed E-state index contributed by atoms with van der Waals surface area (Å²) >= 11 is 0. The van der Waals surface area contributed by atoms with E-state index in [1.54, 1.807) is 0 Å². The maximum Gasteiger partial charge on any atom is 0.134 e. The lowest BCUT2D eigenvalue weighted by atomic mass is 9.93. The average molecular weight is 271 g/mol. The van der Waals surface area contributed by atoms with Crippen LogP contribution in [0.1, 0.15) is 41.4 Å². The minimum Gasteiger partial charge on any atom is -0.460 e. The molecule has 0 unspecified atom stereocenters. The lowest BCUT2D eigenvalue weighted by Crippen LogP contribution is -2.12. The number of hydrogen-bond acceptors (Lipinski definition) is 2. The van der Waals surface area contributed by atoms with Crippen molar-refractivity contribution in [2.75, 3.05) is 6.54 Å². The molecule has 0 atom stereocenters. The first kappa shape index (κ1) is 14.9. The van der Waals surface area contributed by atoms with Crippen LogP contribution in [0.5, 0.6) is 0 Å². The molecule has 1 N–H and O–H groups in total. The maximum atomic E-state index is 6.03. The Hall–Kier alpha value is -1.54. The van der Waals surface area contributed by atoms with E-state index >= 15 is 0 Å². The molecule has 0 saturated carbocycles. The smallest absolute Gasteiger partial charge is 0.134 e. The van der Waals surface area contributed by atoms with Gasteiger partial charge in [-0.25, -0.2) is 0 Å². The second-order valence-electron chi connectivity index (χ2n) is 5.58. The highest BCUT2D eigenvalue weighted by Crippen LogP contribution is 2.32. The van der Waals surface area contributed by atoms with Crippen molar-refractivity contribution in [3.8, 4) is 11.3 Å². The molecule has 0 aliphatic carbocycles. The molecule has 1 aromatic heterocycles. The summed E-state index contributed by atoms with van der Waals surface area (Å²) in [6.07, 6.45) is 1.14. The number of hydrogen-bond donors (Lipinski definition) is 1. The molecule has 0 aliphatic heterocycles. The van der Waals surface area contributed by atoms with Crippen LogP contribution in [0.25, 0.3) is 11.3 Å². The van der Waals surface area contributed by atoms with Gasteiger partial charge in [0.1, 0.15) is 11.5 Å². The Labute approximate surface area is 122 Å². The molecular formula is C18H25NO. The molecule has 20 heavy (non-hydrogen) atoms. The van der Waals surface area contributed by atoms with Crippen molar-refractivity contribution in [1.29, 1.82) is 0 Å². The van der Waals surface area contributed by atoms with E-state index in [0.717, 1.165) is 31.0 Å². The molecular weight excluding hydrogens is 246 g/mol. The highest BCUT2D eigenvalue weighted by Gasteiger charge is 2.13. The summed E-state index contributed by atoms with van der Waals surface area (Å²) in [6, 6.07) is 6.42. The van der Waals surface area contributed by atoms with Gasteiger partial charge in [-0.05, 0) is 75.0 Å². The summed E-state index contributed by atoms with van der Waals surface area (Å²) in [7, 11) is 0. The van der Waals surface area contributed by atoms with Crippen molar-refractivity contribution in [3.63, 3.8) is 0 Å². The Kier molecular flexibility index (Phi) is 4.66. The molecule has 2 nitrogen and oxygen atoms in total. The molecule has 0 aliphatic rings. The number of aryl methyl sites for hydroxylation is 2. The lowest BCUT2D eigenvalue weighted by molar-refractivity contribution is 0.493. The van der Waals surface area contributed by atoms with Gasteiger partial charge in [-0.1, -0.05) is 13.0 Å². The molecule has 2 rings (SSSR count). The van der Waals surface area contributed by atoms with Gasteiger partial charge in [0.2, 0.25) is 0 Å². The second-order valence-corrected chi connectivity index (χ2v) is 5.58. The van der Waals surface area contributed by atoms with Crippen molar-refractivity contribution in [1.82, 2.24) is 5.32 Å². The number of benzene rings is 1. The zero-order valence-electron chi connectivity index (χ0n) is 13.3. The van der Waals surface area contributed by atoms with Gasteiger partial charge in [0.25, 0.3) is 0 Å². The molecule has 0 bridgehead atoms. The molecule has 108 valence electrons. The molecule has 1 aromatic carbocycles. The topological polar surface area (TPSA) is 25.2 Å². The predicted octanol–water partition coefficient (Wildman–Crippen LogP) is 4.68. The Bertz CT molecular complexity index is 569. The number of furan rings is 1. The number of rotatable bonds is 5. The fourth-order valence-corrected chi connectivity index (χ4v) is 2.58. The third-order valence-corrected chi connectivity index (χ3v) is 4.00. The van der Waals surface area contributed by atoms with Crippen LogP contribution in [0.4, 0.5) is 0 Å². The van der Waals surface area contributed by atoms with Crippen molar-refractivity contribution in [3.05, 3.63) is 46.2 Å². The van der Waals surface area contributed by atoms with E-state index in [1.165, 1.54) is 27.8 Å². The lowest BCUT2D eigenvalue weighted by Gasteiger charge is -2.13. The van der Waals surface area contributed by atoms with Gasteiger partial charge in [-0.15, -0.1) is 0 Å². The van der Waals surface area contributed by atoms with Crippen LogP contribution in [-0.2, 0) is 6.54 Å². The monoisotopic (exact) mass is 271 g/mol. The van der Waals surface area contributed by atoms with E-state index < -0.39 is 0 Å².